The van der Waals surface area contributed by atoms with Crippen molar-refractivity contribution in [1.82, 2.24) is 25.6 Å². The summed E-state index contributed by atoms with van der Waals surface area (Å²) in [6, 6.07) is 1.48. The van der Waals surface area contributed by atoms with Gasteiger partial charge in [0.25, 0.3) is 0 Å². The lowest BCUT2D eigenvalue weighted by atomic mass is 10.1. The molecule has 0 fully saturated rings. The highest BCUT2D eigenvalue weighted by atomic mass is 32.2. The molecular formula is C22H39N5O2S. The smallest absolute Gasteiger partial charge is 0.317 e. The molecule has 8 heteroatoms. The standard InChI is InChI=1S/C22H39N5O2S/c1-3-5-7-9-11-13-17-27(18-14-12-10-8-6-4-2)22(29)23-19-21(28)30-20-15-16-24-26-25-20/h15-16H,3-14,17-19H2,1-2H3,(H,23,29). The Bertz CT molecular complexity index is 558. The number of urea groups is 1. The van der Waals surface area contributed by atoms with Gasteiger partial charge in [-0.1, -0.05) is 78.1 Å². The van der Waals surface area contributed by atoms with Crippen molar-refractivity contribution in [3.8, 4) is 0 Å². The Labute approximate surface area is 186 Å². The number of carbonyl (C=O) groups is 2. The highest BCUT2D eigenvalue weighted by Crippen LogP contribution is 2.13. The zero-order chi connectivity index (χ0) is 21.9. The van der Waals surface area contributed by atoms with E-state index >= 15 is 0 Å². The van der Waals surface area contributed by atoms with Gasteiger partial charge in [0.2, 0.25) is 5.12 Å². The lowest BCUT2D eigenvalue weighted by Crippen LogP contribution is -2.42. The van der Waals surface area contributed by atoms with Crippen molar-refractivity contribution in [3.05, 3.63) is 12.3 Å². The van der Waals surface area contributed by atoms with Crippen molar-refractivity contribution in [1.29, 1.82) is 0 Å². The minimum atomic E-state index is -0.164. The molecule has 0 aliphatic carbocycles. The van der Waals surface area contributed by atoms with Gasteiger partial charge in [0, 0.05) is 13.1 Å². The third-order valence-electron chi connectivity index (χ3n) is 4.93. The Morgan fingerprint density at radius 2 is 1.47 bits per heavy atom. The van der Waals surface area contributed by atoms with Gasteiger partial charge in [-0.25, -0.2) is 4.79 Å². The topological polar surface area (TPSA) is 88.1 Å². The maximum atomic E-state index is 12.6. The third-order valence-corrected chi connectivity index (χ3v) is 5.73. The molecule has 0 saturated carbocycles. The van der Waals surface area contributed by atoms with Crippen LogP contribution in [-0.2, 0) is 4.79 Å². The Kier molecular flexibility index (Phi) is 15.9. The first-order chi connectivity index (χ1) is 14.7. The number of amides is 2. The summed E-state index contributed by atoms with van der Waals surface area (Å²) in [5.74, 6) is 0. The fourth-order valence-electron chi connectivity index (χ4n) is 3.18. The van der Waals surface area contributed by atoms with E-state index in [0.717, 1.165) is 50.5 Å². The molecule has 0 bridgehead atoms. The largest absolute Gasteiger partial charge is 0.330 e. The molecular weight excluding hydrogens is 398 g/mol. The Balaban J connectivity index is 2.37. The molecule has 0 spiro atoms. The summed E-state index contributed by atoms with van der Waals surface area (Å²) in [4.78, 5) is 26.6. The Morgan fingerprint density at radius 3 is 2.00 bits per heavy atom. The molecule has 30 heavy (non-hydrogen) atoms. The van der Waals surface area contributed by atoms with Gasteiger partial charge in [0.15, 0.2) is 0 Å². The number of unbranched alkanes of at least 4 members (excludes halogenated alkanes) is 10. The van der Waals surface area contributed by atoms with Gasteiger partial charge in [-0.05, 0) is 35.9 Å². The number of rotatable bonds is 17. The van der Waals surface area contributed by atoms with Gasteiger partial charge in [-0.3, -0.25) is 4.79 Å². The monoisotopic (exact) mass is 437 g/mol. The third kappa shape index (κ3) is 13.5. The molecule has 170 valence electrons. The summed E-state index contributed by atoms with van der Waals surface area (Å²) < 4.78 is 0. The summed E-state index contributed by atoms with van der Waals surface area (Å²) in [7, 11) is 0. The van der Waals surface area contributed by atoms with Crippen LogP contribution in [0.2, 0.25) is 0 Å². The zero-order valence-corrected chi connectivity index (χ0v) is 19.6. The summed E-state index contributed by atoms with van der Waals surface area (Å²) in [6.45, 7) is 5.92. The molecule has 0 radical (unpaired) electrons. The molecule has 1 N–H and O–H groups in total. The van der Waals surface area contributed by atoms with Gasteiger partial charge >= 0.3 is 6.03 Å². The van der Waals surface area contributed by atoms with E-state index in [1.165, 1.54) is 57.6 Å². The van der Waals surface area contributed by atoms with Crippen LogP contribution >= 0.6 is 11.8 Å². The first-order valence-electron chi connectivity index (χ1n) is 11.5. The predicted octanol–water partition coefficient (Wildman–Crippen LogP) is 5.22. The summed E-state index contributed by atoms with van der Waals surface area (Å²) in [5.41, 5.74) is 0. The molecule has 0 aromatic carbocycles. The number of hydrogen-bond donors (Lipinski definition) is 1. The van der Waals surface area contributed by atoms with Crippen molar-refractivity contribution in [2.24, 2.45) is 0 Å². The van der Waals surface area contributed by atoms with Crippen molar-refractivity contribution < 1.29 is 9.59 Å². The first-order valence-corrected chi connectivity index (χ1v) is 12.4. The molecule has 2 amide bonds. The molecule has 7 nitrogen and oxygen atoms in total. The second kappa shape index (κ2) is 18.1. The molecule has 0 atom stereocenters. The second-order valence-electron chi connectivity index (χ2n) is 7.61. The Hall–Kier alpha value is -1.70. The second-order valence-corrected chi connectivity index (χ2v) is 8.69. The summed E-state index contributed by atoms with van der Waals surface area (Å²) in [6.07, 6.45) is 15.8. The van der Waals surface area contributed by atoms with E-state index in [1.807, 2.05) is 4.90 Å². The van der Waals surface area contributed by atoms with Crippen LogP contribution in [0.15, 0.2) is 17.3 Å². The van der Waals surface area contributed by atoms with E-state index in [0.29, 0.717) is 5.03 Å². The highest BCUT2D eigenvalue weighted by molar-refractivity contribution is 8.13. The maximum Gasteiger partial charge on any atom is 0.317 e. The lowest BCUT2D eigenvalue weighted by Gasteiger charge is -2.23. The maximum absolute atomic E-state index is 12.6. The van der Waals surface area contributed by atoms with Crippen molar-refractivity contribution in [2.75, 3.05) is 19.6 Å². The van der Waals surface area contributed by atoms with Crippen LogP contribution in [0.4, 0.5) is 4.79 Å². The quantitative estimate of drug-likeness (QED) is 0.265. The van der Waals surface area contributed by atoms with Gasteiger partial charge in [0.1, 0.15) is 5.03 Å². The minimum Gasteiger partial charge on any atom is -0.330 e. The molecule has 1 aromatic heterocycles. The molecule has 0 aliphatic heterocycles. The van der Waals surface area contributed by atoms with E-state index in [9.17, 15) is 9.59 Å². The van der Waals surface area contributed by atoms with Crippen molar-refractivity contribution in [3.63, 3.8) is 0 Å². The van der Waals surface area contributed by atoms with Crippen molar-refractivity contribution >= 4 is 22.9 Å². The van der Waals surface area contributed by atoms with Gasteiger partial charge in [0.05, 0.1) is 12.7 Å². The average molecular weight is 438 g/mol. The number of hydrogen-bond acceptors (Lipinski definition) is 6. The fraction of sp³-hybridized carbons (Fsp3) is 0.773. The molecule has 0 saturated heterocycles. The summed E-state index contributed by atoms with van der Waals surface area (Å²) >= 11 is 0.970. The first kappa shape index (κ1) is 26.3. The number of aromatic nitrogens is 3. The van der Waals surface area contributed by atoms with E-state index in [2.05, 4.69) is 34.6 Å². The molecule has 1 aromatic rings. The van der Waals surface area contributed by atoms with E-state index in [1.54, 1.807) is 6.07 Å². The van der Waals surface area contributed by atoms with Crippen molar-refractivity contribution in [2.45, 2.75) is 95.9 Å². The lowest BCUT2D eigenvalue weighted by molar-refractivity contribution is -0.110. The number of carbonyl (C=O) groups excluding carboxylic acids is 2. The average Bonchev–Trinajstić information content (AvgIpc) is 2.76. The van der Waals surface area contributed by atoms with Gasteiger partial charge in [-0.2, -0.15) is 0 Å². The SMILES string of the molecule is CCCCCCCCN(CCCCCCCC)C(=O)NCC(=O)Sc1ccnnn1. The number of nitrogens with one attached hydrogen (secondary N) is 1. The van der Waals surface area contributed by atoms with Crippen LogP contribution in [0.3, 0.4) is 0 Å². The van der Waals surface area contributed by atoms with E-state index in [-0.39, 0.29) is 17.7 Å². The molecule has 1 heterocycles. The highest BCUT2D eigenvalue weighted by Gasteiger charge is 2.15. The van der Waals surface area contributed by atoms with Gasteiger partial charge < -0.3 is 10.2 Å². The van der Waals surface area contributed by atoms with Crippen LogP contribution in [0.25, 0.3) is 0 Å². The van der Waals surface area contributed by atoms with E-state index in [4.69, 9.17) is 0 Å². The zero-order valence-electron chi connectivity index (χ0n) is 18.8. The predicted molar refractivity (Wildman–Crippen MR) is 122 cm³/mol. The fourth-order valence-corrected chi connectivity index (χ4v) is 3.76. The summed E-state index contributed by atoms with van der Waals surface area (Å²) in [5, 5.41) is 14.0. The van der Waals surface area contributed by atoms with Crippen LogP contribution in [0.5, 0.6) is 0 Å². The van der Waals surface area contributed by atoms with Crippen LogP contribution < -0.4 is 5.32 Å². The number of thioether (sulfide) groups is 1. The van der Waals surface area contributed by atoms with Crippen LogP contribution in [-0.4, -0.2) is 51.1 Å². The molecule has 0 aliphatic rings. The Morgan fingerprint density at radius 1 is 0.900 bits per heavy atom. The van der Waals surface area contributed by atoms with Gasteiger partial charge in [-0.15, -0.1) is 10.2 Å². The van der Waals surface area contributed by atoms with Crippen LogP contribution in [0.1, 0.15) is 90.9 Å². The number of nitrogens with zero attached hydrogens (tertiary/aromatic N) is 4. The van der Waals surface area contributed by atoms with E-state index < -0.39 is 0 Å². The molecule has 1 rings (SSSR count). The van der Waals surface area contributed by atoms with Crippen LogP contribution in [0, 0.1) is 0 Å². The minimum absolute atomic E-state index is 0.0169. The molecule has 0 unspecified atom stereocenters. The normalized spacial score (nSPS) is 10.7.